The molecule has 0 aliphatic heterocycles. The zero-order valence-corrected chi connectivity index (χ0v) is 11.7. The van der Waals surface area contributed by atoms with Crippen LogP contribution < -0.4 is 10.6 Å². The van der Waals surface area contributed by atoms with Crippen LogP contribution in [0.2, 0.25) is 5.02 Å². The second-order valence-electron chi connectivity index (χ2n) is 3.87. The lowest BCUT2D eigenvalue weighted by molar-refractivity contribution is -0.139. The van der Waals surface area contributed by atoms with Crippen LogP contribution in [0.15, 0.2) is 24.3 Å². The Morgan fingerprint density at radius 1 is 1.15 bits per heavy atom. The molecule has 0 aromatic heterocycles. The van der Waals surface area contributed by atoms with Gasteiger partial charge in [0.15, 0.2) is 0 Å². The van der Waals surface area contributed by atoms with E-state index < -0.39 is 11.8 Å². The van der Waals surface area contributed by atoms with E-state index in [1.54, 1.807) is 24.3 Å². The third-order valence-electron chi connectivity index (χ3n) is 2.37. The lowest BCUT2D eigenvalue weighted by Crippen LogP contribution is -2.40. The van der Waals surface area contributed by atoms with E-state index in [2.05, 4.69) is 10.6 Å². The molecule has 20 heavy (non-hydrogen) atoms. The molecule has 110 valence electrons. The topological polar surface area (TPSA) is 87.7 Å². The Morgan fingerprint density at radius 3 is 2.55 bits per heavy atom. The van der Waals surface area contributed by atoms with Crippen LogP contribution in [0.5, 0.6) is 0 Å². The van der Waals surface area contributed by atoms with Crippen molar-refractivity contribution < 1.29 is 19.4 Å². The Bertz CT molecular complexity index is 454. The van der Waals surface area contributed by atoms with E-state index in [1.807, 2.05) is 0 Å². The summed E-state index contributed by atoms with van der Waals surface area (Å²) in [6.45, 7) is 0.760. The number of hydrogen-bond donors (Lipinski definition) is 3. The summed E-state index contributed by atoms with van der Waals surface area (Å²) in [5, 5.41) is 13.9. The maximum absolute atomic E-state index is 11.5. The number of rotatable bonds is 7. The van der Waals surface area contributed by atoms with E-state index in [1.165, 1.54) is 0 Å². The van der Waals surface area contributed by atoms with Crippen LogP contribution in [0.4, 0.5) is 0 Å². The molecule has 0 spiro atoms. The summed E-state index contributed by atoms with van der Waals surface area (Å²) >= 11 is 5.93. The molecule has 3 N–H and O–H groups in total. The number of hydrogen-bond acceptors (Lipinski definition) is 4. The molecule has 0 aliphatic rings. The zero-order valence-electron chi connectivity index (χ0n) is 10.9. The summed E-state index contributed by atoms with van der Waals surface area (Å²) in [5.74, 6) is -1.46. The molecule has 0 heterocycles. The van der Waals surface area contributed by atoms with Crippen molar-refractivity contribution in [3.63, 3.8) is 0 Å². The molecule has 0 fully saturated rings. The van der Waals surface area contributed by atoms with Crippen LogP contribution in [0.25, 0.3) is 0 Å². The molecular weight excluding hydrogens is 284 g/mol. The van der Waals surface area contributed by atoms with Gasteiger partial charge in [-0.15, -0.1) is 0 Å². The van der Waals surface area contributed by atoms with Gasteiger partial charge in [-0.05, 0) is 11.6 Å². The number of carbonyl (C=O) groups is 2. The average molecular weight is 301 g/mol. The Hall–Kier alpha value is -1.63. The van der Waals surface area contributed by atoms with Crippen LogP contribution in [0.1, 0.15) is 5.56 Å². The van der Waals surface area contributed by atoms with Gasteiger partial charge < -0.3 is 20.5 Å². The minimum atomic E-state index is -0.732. The minimum Gasteiger partial charge on any atom is -0.394 e. The van der Waals surface area contributed by atoms with Gasteiger partial charge in [0.25, 0.3) is 0 Å². The standard InChI is InChI=1S/C13H17ClN2O4/c14-11-4-2-1-3-10(11)9-16-13(19)12(18)15-5-7-20-8-6-17/h1-4,17H,5-9H2,(H,15,18)(H,16,19). The third-order valence-corrected chi connectivity index (χ3v) is 2.74. The van der Waals surface area contributed by atoms with Gasteiger partial charge in [-0.2, -0.15) is 0 Å². The summed E-state index contributed by atoms with van der Waals surface area (Å²) in [4.78, 5) is 22.9. The van der Waals surface area contributed by atoms with E-state index in [9.17, 15) is 9.59 Å². The normalized spacial score (nSPS) is 10.1. The molecular formula is C13H17ClN2O4. The smallest absolute Gasteiger partial charge is 0.309 e. The van der Waals surface area contributed by atoms with Crippen molar-refractivity contribution in [1.29, 1.82) is 0 Å². The molecule has 0 radical (unpaired) electrons. The molecule has 1 rings (SSSR count). The van der Waals surface area contributed by atoms with Crippen molar-refractivity contribution in [1.82, 2.24) is 10.6 Å². The van der Waals surface area contributed by atoms with Crippen molar-refractivity contribution in [2.45, 2.75) is 6.54 Å². The molecule has 0 unspecified atom stereocenters. The summed E-state index contributed by atoms with van der Waals surface area (Å²) in [6, 6.07) is 7.06. The number of amides is 2. The fourth-order valence-corrected chi connectivity index (χ4v) is 1.58. The molecule has 2 amide bonds. The van der Waals surface area contributed by atoms with Crippen molar-refractivity contribution >= 4 is 23.4 Å². The SMILES string of the molecule is O=C(NCCOCCO)C(=O)NCc1ccccc1Cl. The van der Waals surface area contributed by atoms with E-state index in [4.69, 9.17) is 21.4 Å². The average Bonchev–Trinajstić information content (AvgIpc) is 2.45. The summed E-state index contributed by atoms with van der Waals surface area (Å²) in [7, 11) is 0. The van der Waals surface area contributed by atoms with Gasteiger partial charge in [-0.25, -0.2) is 0 Å². The molecule has 1 aromatic carbocycles. The number of aliphatic hydroxyl groups is 1. The van der Waals surface area contributed by atoms with E-state index >= 15 is 0 Å². The number of halogens is 1. The van der Waals surface area contributed by atoms with Crippen LogP contribution in [0, 0.1) is 0 Å². The van der Waals surface area contributed by atoms with Crippen LogP contribution in [-0.2, 0) is 20.9 Å². The molecule has 6 nitrogen and oxygen atoms in total. The monoisotopic (exact) mass is 300 g/mol. The highest BCUT2D eigenvalue weighted by molar-refractivity contribution is 6.35. The fraction of sp³-hybridized carbons (Fsp3) is 0.385. The maximum Gasteiger partial charge on any atom is 0.309 e. The lowest BCUT2D eigenvalue weighted by atomic mass is 10.2. The highest BCUT2D eigenvalue weighted by atomic mass is 35.5. The summed E-state index contributed by atoms with van der Waals surface area (Å²) in [6.07, 6.45) is 0. The molecule has 0 saturated carbocycles. The quantitative estimate of drug-likeness (QED) is 0.492. The first-order chi connectivity index (χ1) is 9.65. The molecule has 7 heteroatoms. The number of carbonyl (C=O) groups excluding carboxylic acids is 2. The summed E-state index contributed by atoms with van der Waals surface area (Å²) < 4.78 is 4.94. The maximum atomic E-state index is 11.5. The van der Waals surface area contributed by atoms with E-state index in [0.717, 1.165) is 5.56 Å². The largest absolute Gasteiger partial charge is 0.394 e. The Labute approximate surface area is 122 Å². The zero-order chi connectivity index (χ0) is 14.8. The molecule has 0 aliphatic carbocycles. The Balaban J connectivity index is 2.25. The van der Waals surface area contributed by atoms with E-state index in [0.29, 0.717) is 5.02 Å². The lowest BCUT2D eigenvalue weighted by Gasteiger charge is -2.07. The van der Waals surface area contributed by atoms with Crippen molar-refractivity contribution in [2.75, 3.05) is 26.4 Å². The fourth-order valence-electron chi connectivity index (χ4n) is 1.38. The number of ether oxygens (including phenoxy) is 1. The number of nitrogens with one attached hydrogen (secondary N) is 2. The molecule has 1 aromatic rings. The van der Waals surface area contributed by atoms with Crippen molar-refractivity contribution in [2.24, 2.45) is 0 Å². The number of aliphatic hydroxyl groups excluding tert-OH is 1. The van der Waals surface area contributed by atoms with Crippen molar-refractivity contribution in [3.05, 3.63) is 34.9 Å². The van der Waals surface area contributed by atoms with Gasteiger partial charge in [0, 0.05) is 18.1 Å². The third kappa shape index (κ3) is 6.01. The molecule has 0 atom stereocenters. The predicted octanol–water partition coefficient (Wildman–Crippen LogP) is 0.0813. The predicted molar refractivity (Wildman–Crippen MR) is 74.2 cm³/mol. The highest BCUT2D eigenvalue weighted by Crippen LogP contribution is 2.13. The van der Waals surface area contributed by atoms with Crippen LogP contribution in [-0.4, -0.2) is 43.3 Å². The first-order valence-electron chi connectivity index (χ1n) is 6.13. The molecule has 0 bridgehead atoms. The highest BCUT2D eigenvalue weighted by Gasteiger charge is 2.12. The van der Waals surface area contributed by atoms with E-state index in [-0.39, 0.29) is 32.9 Å². The van der Waals surface area contributed by atoms with Gasteiger partial charge in [0.2, 0.25) is 0 Å². The second kappa shape index (κ2) is 9.30. The van der Waals surface area contributed by atoms with Gasteiger partial charge in [0.1, 0.15) is 0 Å². The second-order valence-corrected chi connectivity index (χ2v) is 4.27. The van der Waals surface area contributed by atoms with Gasteiger partial charge in [-0.1, -0.05) is 29.8 Å². The Kier molecular flexibility index (Phi) is 7.64. The minimum absolute atomic E-state index is 0.0771. The first kappa shape index (κ1) is 16.4. The Morgan fingerprint density at radius 2 is 1.85 bits per heavy atom. The number of benzene rings is 1. The first-order valence-corrected chi connectivity index (χ1v) is 6.51. The van der Waals surface area contributed by atoms with Gasteiger partial charge in [0.05, 0.1) is 19.8 Å². The van der Waals surface area contributed by atoms with Crippen molar-refractivity contribution in [3.8, 4) is 0 Å². The van der Waals surface area contributed by atoms with Gasteiger partial charge >= 0.3 is 11.8 Å². The summed E-state index contributed by atoms with van der Waals surface area (Å²) in [5.41, 5.74) is 0.738. The van der Waals surface area contributed by atoms with Crippen LogP contribution >= 0.6 is 11.6 Å². The molecule has 0 saturated heterocycles. The van der Waals surface area contributed by atoms with Crippen LogP contribution in [0.3, 0.4) is 0 Å². The van der Waals surface area contributed by atoms with Gasteiger partial charge in [-0.3, -0.25) is 9.59 Å².